The number of aromatic amines is 1. The van der Waals surface area contributed by atoms with Crippen LogP contribution in [0.3, 0.4) is 0 Å². The first-order valence-electron chi connectivity index (χ1n) is 8.66. The number of rotatable bonds is 5. The van der Waals surface area contributed by atoms with Crippen molar-refractivity contribution >= 4 is 0 Å². The maximum atomic E-state index is 10.3. The number of nitrogens with one attached hydrogen (secondary N) is 1. The van der Waals surface area contributed by atoms with Crippen LogP contribution in [-0.2, 0) is 19.6 Å². The number of aliphatic hydroxyl groups is 1. The van der Waals surface area contributed by atoms with E-state index in [1.165, 1.54) is 0 Å². The van der Waals surface area contributed by atoms with E-state index < -0.39 is 6.10 Å². The summed E-state index contributed by atoms with van der Waals surface area (Å²) in [5.41, 5.74) is 4.58. The third-order valence-corrected chi connectivity index (χ3v) is 4.58. The van der Waals surface area contributed by atoms with Gasteiger partial charge in [0.1, 0.15) is 12.2 Å². The Morgan fingerprint density at radius 1 is 1.40 bits per heavy atom. The molecule has 0 saturated carbocycles. The lowest BCUT2D eigenvalue weighted by molar-refractivity contribution is 0.133. The zero-order valence-corrected chi connectivity index (χ0v) is 15.2. The van der Waals surface area contributed by atoms with E-state index in [4.69, 9.17) is 5.26 Å². The normalized spacial score (nSPS) is 16.5. The predicted molar refractivity (Wildman–Crippen MR) is 94.7 cm³/mol. The van der Waals surface area contributed by atoms with Crippen molar-refractivity contribution in [3.05, 3.63) is 40.5 Å². The van der Waals surface area contributed by atoms with Gasteiger partial charge in [0.25, 0.3) is 0 Å². The number of H-pyrrole nitrogens is 1. The minimum atomic E-state index is -0.563. The maximum absolute atomic E-state index is 10.3. The lowest BCUT2D eigenvalue weighted by Gasteiger charge is -2.18. The molecule has 0 aliphatic carbocycles. The minimum Gasteiger partial charge on any atom is -0.385 e. The summed E-state index contributed by atoms with van der Waals surface area (Å²) in [6.45, 7) is 5.92. The zero-order chi connectivity index (χ0) is 18.0. The molecule has 1 aliphatic heterocycles. The number of fused-ring (bicyclic) bond motifs is 1. The topological polar surface area (TPSA) is 84.1 Å². The number of aryl methyl sites for hydroxylation is 2. The summed E-state index contributed by atoms with van der Waals surface area (Å²) in [4.78, 5) is 7.62. The Labute approximate surface area is 148 Å². The summed E-state index contributed by atoms with van der Waals surface area (Å²) in [6.07, 6.45) is 0.454. The highest BCUT2D eigenvalue weighted by Gasteiger charge is 2.20. The van der Waals surface area contributed by atoms with Crippen LogP contribution in [0.2, 0.25) is 0 Å². The first-order valence-corrected chi connectivity index (χ1v) is 8.66. The molecule has 0 bridgehead atoms. The Balaban J connectivity index is 1.72. The van der Waals surface area contributed by atoms with E-state index in [0.29, 0.717) is 12.1 Å². The SMILES string of the molecule is Cc1[nH]c(CN2CCCn3nc([C@@H](O)CN(C)C)cc3C2)cc1C#N. The Bertz CT molecular complexity index is 769. The molecule has 25 heavy (non-hydrogen) atoms. The van der Waals surface area contributed by atoms with Crippen LogP contribution in [0.5, 0.6) is 0 Å². The van der Waals surface area contributed by atoms with Crippen LogP contribution >= 0.6 is 0 Å². The van der Waals surface area contributed by atoms with Crippen LogP contribution in [0.25, 0.3) is 0 Å². The van der Waals surface area contributed by atoms with E-state index in [-0.39, 0.29) is 0 Å². The van der Waals surface area contributed by atoms with Crippen LogP contribution in [0.15, 0.2) is 12.1 Å². The van der Waals surface area contributed by atoms with Crippen molar-refractivity contribution in [1.82, 2.24) is 24.6 Å². The number of nitriles is 1. The summed E-state index contributed by atoms with van der Waals surface area (Å²) in [7, 11) is 3.89. The second kappa shape index (κ2) is 7.40. The first-order chi connectivity index (χ1) is 12.0. The van der Waals surface area contributed by atoms with Gasteiger partial charge in [-0.15, -0.1) is 0 Å². The molecular weight excluding hydrogens is 316 g/mol. The standard InChI is InChI=1S/C18H26N6O/c1-13-14(9-19)7-15(20-13)10-23-5-4-6-24-16(11-23)8-17(21-24)18(25)12-22(2)3/h7-8,18,20,25H,4-6,10-12H2,1-3H3/t18-/m0/s1. The third kappa shape index (κ3) is 4.10. The van der Waals surface area contributed by atoms with Gasteiger partial charge in [-0.2, -0.15) is 10.4 Å². The van der Waals surface area contributed by atoms with E-state index in [9.17, 15) is 5.11 Å². The molecule has 134 valence electrons. The predicted octanol–water partition coefficient (Wildman–Crippen LogP) is 1.39. The van der Waals surface area contributed by atoms with Crippen LogP contribution in [0.4, 0.5) is 0 Å². The molecule has 1 atom stereocenters. The van der Waals surface area contributed by atoms with E-state index in [0.717, 1.165) is 55.4 Å². The van der Waals surface area contributed by atoms with Gasteiger partial charge in [0.2, 0.25) is 0 Å². The van der Waals surface area contributed by atoms with Gasteiger partial charge in [0.15, 0.2) is 0 Å². The molecule has 2 aromatic heterocycles. The minimum absolute atomic E-state index is 0.563. The average Bonchev–Trinajstić information content (AvgIpc) is 3.05. The second-order valence-corrected chi connectivity index (χ2v) is 7.07. The van der Waals surface area contributed by atoms with Crippen molar-refractivity contribution in [3.8, 4) is 6.07 Å². The number of aromatic nitrogens is 3. The monoisotopic (exact) mass is 342 g/mol. The van der Waals surface area contributed by atoms with Gasteiger partial charge in [-0.05, 0) is 39.6 Å². The molecule has 0 aromatic carbocycles. The van der Waals surface area contributed by atoms with Crippen LogP contribution in [0, 0.1) is 18.3 Å². The fourth-order valence-electron chi connectivity index (χ4n) is 3.36. The lowest BCUT2D eigenvalue weighted by atomic mass is 10.2. The number of nitrogens with zero attached hydrogens (tertiary/aromatic N) is 5. The summed E-state index contributed by atoms with van der Waals surface area (Å²) < 4.78 is 2.02. The second-order valence-electron chi connectivity index (χ2n) is 7.07. The number of likely N-dealkylation sites (N-methyl/N-ethyl adjacent to an activating group) is 1. The van der Waals surface area contributed by atoms with Crippen molar-refractivity contribution < 1.29 is 5.11 Å². The molecule has 0 fully saturated rings. The van der Waals surface area contributed by atoms with Crippen molar-refractivity contribution in [2.75, 3.05) is 27.2 Å². The van der Waals surface area contributed by atoms with Crippen molar-refractivity contribution in [1.29, 1.82) is 5.26 Å². The van der Waals surface area contributed by atoms with E-state index in [1.807, 2.05) is 42.7 Å². The molecule has 2 N–H and O–H groups in total. The van der Waals surface area contributed by atoms with Crippen molar-refractivity contribution in [2.24, 2.45) is 0 Å². The van der Waals surface area contributed by atoms with Gasteiger partial charge in [0, 0.05) is 44.1 Å². The van der Waals surface area contributed by atoms with Crippen molar-refractivity contribution in [2.45, 2.75) is 39.1 Å². The summed E-state index contributed by atoms with van der Waals surface area (Å²) in [5, 5.41) is 24.0. The number of aliphatic hydroxyl groups excluding tert-OH is 1. The van der Waals surface area contributed by atoms with E-state index >= 15 is 0 Å². The van der Waals surface area contributed by atoms with Gasteiger partial charge >= 0.3 is 0 Å². The summed E-state index contributed by atoms with van der Waals surface area (Å²) in [5.74, 6) is 0. The molecule has 0 spiro atoms. The number of hydrogen-bond donors (Lipinski definition) is 2. The Hall–Kier alpha value is -2.14. The summed E-state index contributed by atoms with van der Waals surface area (Å²) in [6, 6.07) is 6.17. The lowest BCUT2D eigenvalue weighted by Crippen LogP contribution is -2.23. The molecule has 0 saturated heterocycles. The van der Waals surface area contributed by atoms with Crippen LogP contribution in [-0.4, -0.2) is 56.9 Å². The van der Waals surface area contributed by atoms with Crippen molar-refractivity contribution in [3.63, 3.8) is 0 Å². The van der Waals surface area contributed by atoms with Gasteiger partial charge < -0.3 is 15.0 Å². The highest BCUT2D eigenvalue weighted by atomic mass is 16.3. The summed E-state index contributed by atoms with van der Waals surface area (Å²) >= 11 is 0. The zero-order valence-electron chi connectivity index (χ0n) is 15.2. The molecular formula is C18H26N6O. The largest absolute Gasteiger partial charge is 0.385 e. The van der Waals surface area contributed by atoms with Crippen LogP contribution in [0.1, 0.15) is 40.9 Å². The Morgan fingerprint density at radius 3 is 2.88 bits per heavy atom. The molecule has 0 radical (unpaired) electrons. The molecule has 3 rings (SSSR count). The molecule has 0 amide bonds. The molecule has 2 aromatic rings. The molecule has 1 aliphatic rings. The quantitative estimate of drug-likeness (QED) is 0.858. The molecule has 7 heteroatoms. The Morgan fingerprint density at radius 2 is 2.20 bits per heavy atom. The molecule has 0 unspecified atom stereocenters. The molecule has 3 heterocycles. The first kappa shape index (κ1) is 17.7. The fraction of sp³-hybridized carbons (Fsp3) is 0.556. The number of hydrogen-bond acceptors (Lipinski definition) is 5. The average molecular weight is 342 g/mol. The van der Waals surface area contributed by atoms with Crippen LogP contribution < -0.4 is 0 Å². The van der Waals surface area contributed by atoms with Gasteiger partial charge in [-0.25, -0.2) is 0 Å². The van der Waals surface area contributed by atoms with Gasteiger partial charge in [-0.1, -0.05) is 0 Å². The van der Waals surface area contributed by atoms with E-state index in [1.54, 1.807) is 0 Å². The highest BCUT2D eigenvalue weighted by molar-refractivity contribution is 5.35. The van der Waals surface area contributed by atoms with Gasteiger partial charge in [-0.3, -0.25) is 9.58 Å². The molecule has 7 nitrogen and oxygen atoms in total. The fourth-order valence-corrected chi connectivity index (χ4v) is 3.36. The third-order valence-electron chi connectivity index (χ3n) is 4.58. The maximum Gasteiger partial charge on any atom is 0.110 e. The highest BCUT2D eigenvalue weighted by Crippen LogP contribution is 2.20. The van der Waals surface area contributed by atoms with E-state index in [2.05, 4.69) is 21.1 Å². The smallest absolute Gasteiger partial charge is 0.110 e. The Kier molecular flexibility index (Phi) is 5.23. The van der Waals surface area contributed by atoms with Gasteiger partial charge in [0.05, 0.1) is 17.0 Å².